The molecule has 3 rings (SSSR count). The molecule has 0 fully saturated rings. The molecular weight excluding hydrogens is 554 g/mol. The first kappa shape index (κ1) is 28.4. The third kappa shape index (κ3) is 7.66. The monoisotopic (exact) mass is 585 g/mol. The van der Waals surface area contributed by atoms with Gasteiger partial charge in [-0.25, -0.2) is 8.42 Å². The van der Waals surface area contributed by atoms with Gasteiger partial charge in [0.1, 0.15) is 12.6 Å². The van der Waals surface area contributed by atoms with Gasteiger partial charge in [-0.2, -0.15) is 0 Å². The van der Waals surface area contributed by atoms with Crippen molar-refractivity contribution < 1.29 is 18.0 Å². The molecule has 0 bridgehead atoms. The number of unbranched alkanes of at least 4 members (excludes halogenated alkanes) is 1. The highest BCUT2D eigenvalue weighted by atomic mass is 79.9. The molecule has 196 valence electrons. The average molecular weight is 587 g/mol. The lowest BCUT2D eigenvalue weighted by atomic mass is 10.1. The topological polar surface area (TPSA) is 86.8 Å². The Morgan fingerprint density at radius 1 is 0.946 bits per heavy atom. The molecule has 0 aromatic heterocycles. The van der Waals surface area contributed by atoms with Crippen LogP contribution in [0.25, 0.3) is 0 Å². The zero-order valence-electron chi connectivity index (χ0n) is 21.0. The lowest BCUT2D eigenvalue weighted by Crippen LogP contribution is -2.51. The number of nitrogens with zero attached hydrogens (tertiary/aromatic N) is 2. The van der Waals surface area contributed by atoms with E-state index in [0.717, 1.165) is 22.7 Å². The van der Waals surface area contributed by atoms with Gasteiger partial charge >= 0.3 is 0 Å². The third-order valence-corrected chi connectivity index (χ3v) is 8.18. The van der Waals surface area contributed by atoms with Gasteiger partial charge in [-0.1, -0.05) is 83.9 Å². The van der Waals surface area contributed by atoms with Crippen LogP contribution in [0.2, 0.25) is 0 Å². The minimum atomic E-state index is -4.07. The van der Waals surface area contributed by atoms with Gasteiger partial charge in [0, 0.05) is 17.6 Å². The van der Waals surface area contributed by atoms with Crippen molar-refractivity contribution in [3.63, 3.8) is 0 Å². The van der Waals surface area contributed by atoms with Crippen molar-refractivity contribution in [3.8, 4) is 0 Å². The fourth-order valence-electron chi connectivity index (χ4n) is 3.78. The quantitative estimate of drug-likeness (QED) is 0.304. The minimum Gasteiger partial charge on any atom is -0.354 e. The van der Waals surface area contributed by atoms with Crippen LogP contribution in [-0.2, 0) is 26.2 Å². The molecule has 1 atom stereocenters. The summed E-state index contributed by atoms with van der Waals surface area (Å²) in [5.74, 6) is -0.765. The second kappa shape index (κ2) is 13.4. The second-order valence-corrected chi connectivity index (χ2v) is 11.4. The van der Waals surface area contributed by atoms with E-state index in [0.29, 0.717) is 16.7 Å². The largest absolute Gasteiger partial charge is 0.354 e. The highest BCUT2D eigenvalue weighted by Gasteiger charge is 2.32. The molecule has 9 heteroatoms. The maximum absolute atomic E-state index is 13.8. The van der Waals surface area contributed by atoms with Gasteiger partial charge < -0.3 is 10.2 Å². The van der Waals surface area contributed by atoms with Crippen molar-refractivity contribution in [1.29, 1.82) is 0 Å². The number of anilines is 1. The van der Waals surface area contributed by atoms with Gasteiger partial charge in [-0.15, -0.1) is 0 Å². The molecule has 7 nitrogen and oxygen atoms in total. The number of hydrogen-bond acceptors (Lipinski definition) is 4. The van der Waals surface area contributed by atoms with E-state index in [4.69, 9.17) is 0 Å². The zero-order chi connectivity index (χ0) is 26.8. The number of nitrogens with one attached hydrogen (secondary N) is 1. The van der Waals surface area contributed by atoms with E-state index in [1.807, 2.05) is 37.3 Å². The Morgan fingerprint density at radius 2 is 1.59 bits per heavy atom. The van der Waals surface area contributed by atoms with Crippen molar-refractivity contribution in [3.05, 3.63) is 95.0 Å². The lowest BCUT2D eigenvalue weighted by molar-refractivity contribution is -0.139. The number of halogens is 1. The number of amides is 2. The Morgan fingerprint density at radius 3 is 2.22 bits per heavy atom. The number of sulfonamides is 1. The van der Waals surface area contributed by atoms with E-state index in [1.165, 1.54) is 17.0 Å². The van der Waals surface area contributed by atoms with Crippen LogP contribution in [0.1, 0.15) is 32.3 Å². The van der Waals surface area contributed by atoms with E-state index in [2.05, 4.69) is 21.2 Å². The molecule has 1 N–H and O–H groups in total. The van der Waals surface area contributed by atoms with Gasteiger partial charge in [0.25, 0.3) is 10.0 Å². The summed E-state index contributed by atoms with van der Waals surface area (Å²) in [5.41, 5.74) is 1.18. The van der Waals surface area contributed by atoms with E-state index < -0.39 is 28.5 Å². The molecule has 1 unspecified atom stereocenters. The number of benzene rings is 3. The first-order valence-electron chi connectivity index (χ1n) is 12.2. The summed E-state index contributed by atoms with van der Waals surface area (Å²) in [6.45, 7) is 3.91. The van der Waals surface area contributed by atoms with Crippen molar-refractivity contribution in [2.45, 2.75) is 44.2 Å². The molecule has 37 heavy (non-hydrogen) atoms. The Bertz CT molecular complexity index is 1290. The molecule has 0 aliphatic carbocycles. The summed E-state index contributed by atoms with van der Waals surface area (Å²) in [6, 6.07) is 23.3. The van der Waals surface area contributed by atoms with Crippen molar-refractivity contribution in [1.82, 2.24) is 10.2 Å². The standard InChI is InChI=1S/C28H32BrN3O4S/c1-3-4-18-30-28(34)22(2)31(20-23-12-7-5-8-13-23)27(33)21-32(25-15-11-14-24(29)19-25)37(35,36)26-16-9-6-10-17-26/h5-17,19,22H,3-4,18,20-21H2,1-2H3,(H,30,34). The molecular formula is C28H32BrN3O4S. The summed E-state index contributed by atoms with van der Waals surface area (Å²) in [5, 5.41) is 2.88. The van der Waals surface area contributed by atoms with Crippen LogP contribution >= 0.6 is 15.9 Å². The Labute approximate surface area is 227 Å². The van der Waals surface area contributed by atoms with Crippen LogP contribution in [0.15, 0.2) is 94.3 Å². The van der Waals surface area contributed by atoms with E-state index in [1.54, 1.807) is 49.4 Å². The van der Waals surface area contributed by atoms with Gasteiger partial charge in [0.2, 0.25) is 11.8 Å². The number of carbonyl (C=O) groups excluding carboxylic acids is 2. The summed E-state index contributed by atoms with van der Waals surface area (Å²) in [6.07, 6.45) is 1.76. The van der Waals surface area contributed by atoms with Gasteiger partial charge in [-0.05, 0) is 49.2 Å². The SMILES string of the molecule is CCCCNC(=O)C(C)N(Cc1ccccc1)C(=O)CN(c1cccc(Br)c1)S(=O)(=O)c1ccccc1. The van der Waals surface area contributed by atoms with Gasteiger partial charge in [0.05, 0.1) is 10.6 Å². The summed E-state index contributed by atoms with van der Waals surface area (Å²) < 4.78 is 29.2. The van der Waals surface area contributed by atoms with Crippen LogP contribution in [0.5, 0.6) is 0 Å². The van der Waals surface area contributed by atoms with Crippen molar-refractivity contribution >= 4 is 43.5 Å². The molecule has 2 amide bonds. The Balaban J connectivity index is 1.97. The van der Waals surface area contributed by atoms with Crippen molar-refractivity contribution in [2.24, 2.45) is 0 Å². The molecule has 0 radical (unpaired) electrons. The smallest absolute Gasteiger partial charge is 0.264 e. The van der Waals surface area contributed by atoms with Crippen LogP contribution in [0, 0.1) is 0 Å². The summed E-state index contributed by atoms with van der Waals surface area (Å²) in [4.78, 5) is 28.2. The third-order valence-electron chi connectivity index (χ3n) is 5.90. The fraction of sp³-hybridized carbons (Fsp3) is 0.286. The predicted octanol–water partition coefficient (Wildman–Crippen LogP) is 4.98. The Kier molecular flexibility index (Phi) is 10.3. The number of hydrogen-bond donors (Lipinski definition) is 1. The lowest BCUT2D eigenvalue weighted by Gasteiger charge is -2.32. The first-order valence-corrected chi connectivity index (χ1v) is 14.4. The maximum atomic E-state index is 13.8. The number of rotatable bonds is 12. The molecule has 0 aliphatic rings. The fourth-order valence-corrected chi connectivity index (χ4v) is 5.59. The van der Waals surface area contributed by atoms with Crippen LogP contribution in [0.4, 0.5) is 5.69 Å². The molecule has 3 aromatic carbocycles. The van der Waals surface area contributed by atoms with Crippen LogP contribution in [-0.4, -0.2) is 44.3 Å². The number of carbonyl (C=O) groups is 2. The molecule has 3 aromatic rings. The molecule has 0 saturated carbocycles. The Hall–Kier alpha value is -3.17. The van der Waals surface area contributed by atoms with Crippen LogP contribution < -0.4 is 9.62 Å². The molecule has 0 aliphatic heterocycles. The molecule has 0 saturated heterocycles. The molecule has 0 heterocycles. The zero-order valence-corrected chi connectivity index (χ0v) is 23.4. The van der Waals surface area contributed by atoms with Gasteiger partial charge in [0.15, 0.2) is 0 Å². The van der Waals surface area contributed by atoms with Gasteiger partial charge in [-0.3, -0.25) is 13.9 Å². The van der Waals surface area contributed by atoms with E-state index in [9.17, 15) is 18.0 Å². The highest BCUT2D eigenvalue weighted by molar-refractivity contribution is 9.10. The first-order chi connectivity index (χ1) is 17.7. The van der Waals surface area contributed by atoms with E-state index in [-0.39, 0.29) is 17.3 Å². The van der Waals surface area contributed by atoms with Crippen molar-refractivity contribution in [2.75, 3.05) is 17.4 Å². The maximum Gasteiger partial charge on any atom is 0.264 e. The summed E-state index contributed by atoms with van der Waals surface area (Å²) >= 11 is 3.40. The molecule has 0 spiro atoms. The summed E-state index contributed by atoms with van der Waals surface area (Å²) in [7, 11) is -4.07. The average Bonchev–Trinajstić information content (AvgIpc) is 2.91. The highest BCUT2D eigenvalue weighted by Crippen LogP contribution is 2.27. The minimum absolute atomic E-state index is 0.0720. The van der Waals surface area contributed by atoms with Crippen LogP contribution in [0.3, 0.4) is 0 Å². The normalized spacial score (nSPS) is 12.0. The van der Waals surface area contributed by atoms with E-state index >= 15 is 0 Å². The predicted molar refractivity (Wildman–Crippen MR) is 149 cm³/mol. The second-order valence-electron chi connectivity index (χ2n) is 8.63.